The van der Waals surface area contributed by atoms with E-state index in [0.29, 0.717) is 10.9 Å². The van der Waals surface area contributed by atoms with Crippen molar-refractivity contribution in [3.05, 3.63) is 36.5 Å². The fourth-order valence-corrected chi connectivity index (χ4v) is 2.96. The lowest BCUT2D eigenvalue weighted by Crippen LogP contribution is -2.27. The van der Waals surface area contributed by atoms with Gasteiger partial charge in [-0.25, -0.2) is 8.42 Å². The maximum absolute atomic E-state index is 12.3. The Balaban J connectivity index is 2.65. The van der Waals surface area contributed by atoms with E-state index in [2.05, 4.69) is 10.9 Å². The maximum Gasteiger partial charge on any atom is 0.244 e. The largest absolute Gasteiger partial charge is 0.256 e. The Labute approximate surface area is 106 Å². The van der Waals surface area contributed by atoms with Crippen molar-refractivity contribution in [3.8, 4) is 12.3 Å². The second-order valence-electron chi connectivity index (χ2n) is 3.79. The Hall–Kier alpha value is -1.90. The van der Waals surface area contributed by atoms with Gasteiger partial charge >= 0.3 is 0 Å². The van der Waals surface area contributed by atoms with Crippen LogP contribution in [0.4, 0.5) is 0 Å². The molecule has 18 heavy (non-hydrogen) atoms. The van der Waals surface area contributed by atoms with Crippen molar-refractivity contribution in [1.82, 2.24) is 9.29 Å². The summed E-state index contributed by atoms with van der Waals surface area (Å²) in [5.74, 6) is 2.32. The van der Waals surface area contributed by atoms with Crippen molar-refractivity contribution >= 4 is 20.9 Å². The number of nitrogens with zero attached hydrogens (tertiary/aromatic N) is 2. The van der Waals surface area contributed by atoms with E-state index >= 15 is 0 Å². The smallest absolute Gasteiger partial charge is 0.244 e. The summed E-state index contributed by atoms with van der Waals surface area (Å²) < 4.78 is 25.8. The highest BCUT2D eigenvalue weighted by Crippen LogP contribution is 2.23. The summed E-state index contributed by atoms with van der Waals surface area (Å²) in [4.78, 5) is 4.37. The summed E-state index contributed by atoms with van der Waals surface area (Å²) >= 11 is 0. The van der Waals surface area contributed by atoms with Crippen LogP contribution in [0.25, 0.3) is 10.9 Å². The minimum absolute atomic E-state index is 0.0407. The summed E-state index contributed by atoms with van der Waals surface area (Å²) in [6.45, 7) is 0.0407. The highest BCUT2D eigenvalue weighted by atomic mass is 32.2. The van der Waals surface area contributed by atoms with E-state index in [9.17, 15) is 8.42 Å². The third-order valence-electron chi connectivity index (χ3n) is 2.61. The van der Waals surface area contributed by atoms with Crippen molar-refractivity contribution in [2.24, 2.45) is 0 Å². The molecular weight excluding hydrogens is 248 g/mol. The number of terminal acetylenes is 1. The van der Waals surface area contributed by atoms with E-state index in [1.54, 1.807) is 36.5 Å². The number of rotatable bonds is 3. The van der Waals surface area contributed by atoms with Crippen LogP contribution in [0.1, 0.15) is 0 Å². The molecule has 0 bridgehead atoms. The normalized spacial score (nSPS) is 11.6. The first-order valence-corrected chi connectivity index (χ1v) is 6.75. The summed E-state index contributed by atoms with van der Waals surface area (Å²) in [5, 5.41) is 0.601. The van der Waals surface area contributed by atoms with Gasteiger partial charge in [-0.05, 0) is 24.3 Å². The highest BCUT2D eigenvalue weighted by Gasteiger charge is 2.22. The minimum atomic E-state index is -3.58. The Morgan fingerprint density at radius 2 is 2.11 bits per heavy atom. The Morgan fingerprint density at radius 3 is 2.83 bits per heavy atom. The lowest BCUT2D eigenvalue weighted by Gasteiger charge is -2.15. The number of aromatic nitrogens is 1. The fraction of sp³-hybridized carbons (Fsp3) is 0.154. The summed E-state index contributed by atoms with van der Waals surface area (Å²) in [6, 6.07) is 8.45. The summed E-state index contributed by atoms with van der Waals surface area (Å²) in [7, 11) is -2.11. The zero-order valence-corrected chi connectivity index (χ0v) is 10.7. The molecule has 1 aromatic carbocycles. The first-order chi connectivity index (χ1) is 8.57. The van der Waals surface area contributed by atoms with Gasteiger partial charge < -0.3 is 0 Å². The van der Waals surface area contributed by atoms with Gasteiger partial charge in [-0.2, -0.15) is 4.31 Å². The van der Waals surface area contributed by atoms with Crippen molar-refractivity contribution in [2.75, 3.05) is 13.6 Å². The molecule has 1 heterocycles. The zero-order valence-electron chi connectivity index (χ0n) is 9.87. The molecule has 0 N–H and O–H groups in total. The minimum Gasteiger partial charge on any atom is -0.256 e. The molecule has 4 nitrogen and oxygen atoms in total. The van der Waals surface area contributed by atoms with Gasteiger partial charge in [0.2, 0.25) is 10.0 Å². The maximum atomic E-state index is 12.3. The lowest BCUT2D eigenvalue weighted by atomic mass is 10.2. The Bertz CT molecular complexity index is 712. The van der Waals surface area contributed by atoms with Crippen molar-refractivity contribution in [3.63, 3.8) is 0 Å². The van der Waals surface area contributed by atoms with Gasteiger partial charge in [-0.15, -0.1) is 6.42 Å². The van der Waals surface area contributed by atoms with Gasteiger partial charge in [0.25, 0.3) is 0 Å². The van der Waals surface area contributed by atoms with Gasteiger partial charge in [0, 0.05) is 18.6 Å². The molecule has 1 aromatic heterocycles. The van der Waals surface area contributed by atoms with Gasteiger partial charge in [-0.3, -0.25) is 4.98 Å². The number of hydrogen-bond donors (Lipinski definition) is 0. The molecule has 5 heteroatoms. The number of hydrogen-bond acceptors (Lipinski definition) is 3. The van der Waals surface area contributed by atoms with Crippen LogP contribution in [0.5, 0.6) is 0 Å². The van der Waals surface area contributed by atoms with Crippen molar-refractivity contribution in [2.45, 2.75) is 4.90 Å². The fourth-order valence-electron chi connectivity index (χ4n) is 1.68. The van der Waals surface area contributed by atoms with E-state index in [1.165, 1.54) is 7.05 Å². The molecule has 0 unspecified atom stereocenters. The van der Waals surface area contributed by atoms with Crippen LogP contribution >= 0.6 is 0 Å². The van der Waals surface area contributed by atoms with E-state index in [4.69, 9.17) is 6.42 Å². The van der Waals surface area contributed by atoms with Gasteiger partial charge in [0.05, 0.1) is 17.0 Å². The van der Waals surface area contributed by atoms with Crippen LogP contribution in [0.15, 0.2) is 41.4 Å². The molecule has 0 aliphatic heterocycles. The van der Waals surface area contributed by atoms with E-state index in [1.807, 2.05) is 0 Å². The van der Waals surface area contributed by atoms with Crippen LogP contribution in [0, 0.1) is 12.3 Å². The highest BCUT2D eigenvalue weighted by molar-refractivity contribution is 7.89. The number of pyridine rings is 1. The molecule has 0 saturated heterocycles. The SMILES string of the molecule is C#CCN(C)S(=O)(=O)c1cccc2ncccc12. The Kier molecular flexibility index (Phi) is 3.32. The van der Waals surface area contributed by atoms with Crippen LogP contribution < -0.4 is 0 Å². The average molecular weight is 260 g/mol. The number of benzene rings is 1. The second kappa shape index (κ2) is 4.77. The monoisotopic (exact) mass is 260 g/mol. The predicted octanol–water partition coefficient (Wildman–Crippen LogP) is 1.49. The summed E-state index contributed by atoms with van der Waals surface area (Å²) in [5.41, 5.74) is 0.646. The van der Waals surface area contributed by atoms with Crippen molar-refractivity contribution in [1.29, 1.82) is 0 Å². The molecule has 2 aromatic rings. The van der Waals surface area contributed by atoms with Crippen LogP contribution in [-0.2, 0) is 10.0 Å². The molecule has 0 radical (unpaired) electrons. The molecule has 0 aliphatic rings. The van der Waals surface area contributed by atoms with Crippen molar-refractivity contribution < 1.29 is 8.42 Å². The molecule has 0 amide bonds. The molecule has 0 saturated carbocycles. The molecule has 0 spiro atoms. The standard InChI is InChI=1S/C13H12N2O2S/c1-3-10-15(2)18(16,17)13-8-4-7-12-11(13)6-5-9-14-12/h1,4-9H,10H2,2H3. The Morgan fingerprint density at radius 1 is 1.33 bits per heavy atom. The first kappa shape index (κ1) is 12.6. The molecular formula is C13H12N2O2S. The third-order valence-corrected chi connectivity index (χ3v) is 4.47. The topological polar surface area (TPSA) is 50.3 Å². The lowest BCUT2D eigenvalue weighted by molar-refractivity contribution is 0.504. The van der Waals surface area contributed by atoms with E-state index in [-0.39, 0.29) is 11.4 Å². The van der Waals surface area contributed by atoms with Gasteiger partial charge in [0.1, 0.15) is 0 Å². The van der Waals surface area contributed by atoms with Gasteiger partial charge in [0.15, 0.2) is 0 Å². The van der Waals surface area contributed by atoms with E-state index in [0.717, 1.165) is 4.31 Å². The summed E-state index contributed by atoms with van der Waals surface area (Å²) in [6.07, 6.45) is 6.78. The van der Waals surface area contributed by atoms with Crippen LogP contribution in [-0.4, -0.2) is 31.3 Å². The molecule has 92 valence electrons. The van der Waals surface area contributed by atoms with E-state index < -0.39 is 10.0 Å². The van der Waals surface area contributed by atoms with Crippen LogP contribution in [0.3, 0.4) is 0 Å². The van der Waals surface area contributed by atoms with Gasteiger partial charge in [-0.1, -0.05) is 12.0 Å². The average Bonchev–Trinajstić information content (AvgIpc) is 2.38. The molecule has 2 rings (SSSR count). The predicted molar refractivity (Wildman–Crippen MR) is 70.4 cm³/mol. The first-order valence-electron chi connectivity index (χ1n) is 5.31. The number of sulfonamides is 1. The molecule has 0 atom stereocenters. The third kappa shape index (κ3) is 2.08. The molecule has 0 aliphatic carbocycles. The zero-order chi connectivity index (χ0) is 13.2. The molecule has 0 fully saturated rings. The van der Waals surface area contributed by atoms with Crippen LogP contribution in [0.2, 0.25) is 0 Å². The number of fused-ring (bicyclic) bond motifs is 1. The second-order valence-corrected chi connectivity index (χ2v) is 5.80. The quantitative estimate of drug-likeness (QED) is 0.786.